The van der Waals surface area contributed by atoms with E-state index in [-0.39, 0.29) is 6.42 Å². The number of nitrogens with two attached hydrogens (primary N) is 1. The third-order valence-electron chi connectivity index (χ3n) is 3.57. The Bertz CT molecular complexity index is 462. The Kier molecular flexibility index (Phi) is 3.54. The number of carboxylic acids is 1. The number of quaternary nitrogens is 1. The minimum Gasteiger partial charge on any atom is -0.544 e. The number of alkyl halides is 3. The first kappa shape index (κ1) is 13.9. The number of hydrogen-bond donors (Lipinski definition) is 1. The zero-order valence-corrected chi connectivity index (χ0v) is 10.2. The number of hydrogen-bond acceptors (Lipinski definition) is 2. The molecule has 2 N–H and O–H groups in total. The maximum atomic E-state index is 12.4. The van der Waals surface area contributed by atoms with E-state index in [9.17, 15) is 23.1 Å². The molecule has 1 fully saturated rings. The summed E-state index contributed by atoms with van der Waals surface area (Å²) in [6.45, 7) is 0.703. The Morgan fingerprint density at radius 1 is 1.32 bits per heavy atom. The normalized spacial score (nSPS) is 23.5. The van der Waals surface area contributed by atoms with Crippen LogP contribution in [0.4, 0.5) is 13.2 Å². The van der Waals surface area contributed by atoms with Gasteiger partial charge >= 0.3 is 6.18 Å². The molecule has 2 rings (SSSR count). The smallest absolute Gasteiger partial charge is 0.416 e. The van der Waals surface area contributed by atoms with Crippen molar-refractivity contribution in [2.75, 3.05) is 6.54 Å². The first-order valence-electron chi connectivity index (χ1n) is 6.05. The predicted octanol–water partition coefficient (Wildman–Crippen LogP) is 0.0938. The zero-order chi connectivity index (χ0) is 14.1. The third kappa shape index (κ3) is 2.89. The Hall–Kier alpha value is -1.56. The highest BCUT2D eigenvalue weighted by molar-refractivity contribution is 5.75. The van der Waals surface area contributed by atoms with E-state index in [1.54, 1.807) is 5.32 Å². The average molecular weight is 273 g/mol. The topological polar surface area (TPSA) is 56.7 Å². The molecule has 19 heavy (non-hydrogen) atoms. The van der Waals surface area contributed by atoms with Crippen molar-refractivity contribution in [3.05, 3.63) is 35.4 Å². The Balaban J connectivity index is 2.17. The molecule has 104 valence electrons. The van der Waals surface area contributed by atoms with Crippen molar-refractivity contribution in [2.45, 2.75) is 31.0 Å². The molecule has 1 aromatic carbocycles. The van der Waals surface area contributed by atoms with Gasteiger partial charge in [-0.05, 0) is 17.7 Å². The number of halogens is 3. The molecule has 1 saturated heterocycles. The van der Waals surface area contributed by atoms with E-state index in [0.29, 0.717) is 18.5 Å². The number of aliphatic carboxylic acids is 1. The Morgan fingerprint density at radius 2 is 1.95 bits per heavy atom. The Morgan fingerprint density at radius 3 is 2.37 bits per heavy atom. The summed E-state index contributed by atoms with van der Waals surface area (Å²) < 4.78 is 37.3. The Labute approximate surface area is 108 Å². The van der Waals surface area contributed by atoms with Crippen molar-refractivity contribution in [1.29, 1.82) is 0 Å². The summed E-state index contributed by atoms with van der Waals surface area (Å²) in [6, 6.07) is 4.62. The molecule has 0 spiro atoms. The van der Waals surface area contributed by atoms with E-state index in [1.807, 2.05) is 0 Å². The van der Waals surface area contributed by atoms with Gasteiger partial charge in [-0.25, -0.2) is 0 Å². The molecular formula is C13H14F3NO2. The second-order valence-corrected chi connectivity index (χ2v) is 4.91. The van der Waals surface area contributed by atoms with E-state index < -0.39 is 23.2 Å². The van der Waals surface area contributed by atoms with Crippen LogP contribution in [0.2, 0.25) is 0 Å². The van der Waals surface area contributed by atoms with Crippen LogP contribution in [0.1, 0.15) is 24.0 Å². The fourth-order valence-corrected chi connectivity index (χ4v) is 2.49. The highest BCUT2D eigenvalue weighted by atomic mass is 19.4. The van der Waals surface area contributed by atoms with Gasteiger partial charge in [0.15, 0.2) is 0 Å². The van der Waals surface area contributed by atoms with Crippen molar-refractivity contribution in [3.8, 4) is 0 Å². The van der Waals surface area contributed by atoms with Gasteiger partial charge in [0.25, 0.3) is 0 Å². The summed E-state index contributed by atoms with van der Waals surface area (Å²) in [5.74, 6) is -1.15. The lowest BCUT2D eigenvalue weighted by atomic mass is 9.89. The first-order chi connectivity index (χ1) is 8.83. The molecule has 0 aliphatic carbocycles. The van der Waals surface area contributed by atoms with Gasteiger partial charge in [0, 0.05) is 19.3 Å². The lowest BCUT2D eigenvalue weighted by molar-refractivity contribution is -0.700. The fraction of sp³-hybridized carbons (Fsp3) is 0.462. The van der Waals surface area contributed by atoms with Gasteiger partial charge in [-0.2, -0.15) is 13.2 Å². The maximum absolute atomic E-state index is 12.4. The van der Waals surface area contributed by atoms with Crippen molar-refractivity contribution in [1.82, 2.24) is 0 Å². The lowest BCUT2D eigenvalue weighted by Gasteiger charge is -2.27. The van der Waals surface area contributed by atoms with Crippen LogP contribution in [0.15, 0.2) is 24.3 Å². The number of rotatable bonds is 3. The van der Waals surface area contributed by atoms with Crippen LogP contribution in [0.25, 0.3) is 0 Å². The van der Waals surface area contributed by atoms with Crippen LogP contribution in [-0.4, -0.2) is 18.1 Å². The summed E-state index contributed by atoms with van der Waals surface area (Å²) in [5.41, 5.74) is -1.18. The minimum atomic E-state index is -4.37. The second kappa shape index (κ2) is 4.85. The fourth-order valence-electron chi connectivity index (χ4n) is 2.49. The number of carbonyl (C=O) groups is 1. The largest absolute Gasteiger partial charge is 0.544 e. The molecule has 1 heterocycles. The average Bonchev–Trinajstić information content (AvgIpc) is 2.78. The summed E-state index contributed by atoms with van der Waals surface area (Å²) in [4.78, 5) is 11.2. The van der Waals surface area contributed by atoms with Gasteiger partial charge in [-0.1, -0.05) is 12.1 Å². The van der Waals surface area contributed by atoms with Crippen LogP contribution in [0.5, 0.6) is 0 Å². The monoisotopic (exact) mass is 273 g/mol. The first-order valence-corrected chi connectivity index (χ1v) is 6.05. The van der Waals surface area contributed by atoms with Crippen LogP contribution in [-0.2, 0) is 17.4 Å². The van der Waals surface area contributed by atoms with Gasteiger partial charge in [0.2, 0.25) is 0 Å². The molecule has 1 aromatic rings. The molecule has 0 saturated carbocycles. The number of carboxylic acid groups (broad SMARTS) is 1. The van der Waals surface area contributed by atoms with Crippen LogP contribution in [0, 0.1) is 0 Å². The molecule has 1 aliphatic rings. The van der Waals surface area contributed by atoms with E-state index in [2.05, 4.69) is 0 Å². The van der Waals surface area contributed by atoms with Crippen LogP contribution in [0.3, 0.4) is 0 Å². The molecule has 0 radical (unpaired) electrons. The molecule has 6 heteroatoms. The standard InChI is InChI=1S/C13H14F3NO2/c14-13(15,16)10-4-2-9(3-5-10)8-12(11(18)19)6-1-7-17-12/h2-5,17H,1,6-8H2,(H,18,19)/t12-/m1/s1. The van der Waals surface area contributed by atoms with Gasteiger partial charge < -0.3 is 15.2 Å². The minimum absolute atomic E-state index is 0.188. The van der Waals surface area contributed by atoms with Crippen LogP contribution >= 0.6 is 0 Å². The zero-order valence-electron chi connectivity index (χ0n) is 10.2. The quantitative estimate of drug-likeness (QED) is 0.849. The van der Waals surface area contributed by atoms with Gasteiger partial charge in [-0.3, -0.25) is 0 Å². The molecule has 0 aromatic heterocycles. The van der Waals surface area contributed by atoms with E-state index in [0.717, 1.165) is 18.6 Å². The molecule has 0 amide bonds. The van der Waals surface area contributed by atoms with Gasteiger partial charge in [0.1, 0.15) is 11.5 Å². The summed E-state index contributed by atoms with van der Waals surface area (Å²) in [7, 11) is 0. The summed E-state index contributed by atoms with van der Waals surface area (Å²) in [5, 5.41) is 12.9. The highest BCUT2D eigenvalue weighted by Gasteiger charge is 2.39. The van der Waals surface area contributed by atoms with E-state index >= 15 is 0 Å². The molecular weight excluding hydrogens is 259 g/mol. The molecule has 0 unspecified atom stereocenters. The van der Waals surface area contributed by atoms with Crippen molar-refractivity contribution >= 4 is 5.97 Å². The maximum Gasteiger partial charge on any atom is 0.416 e. The molecule has 1 atom stereocenters. The molecule has 3 nitrogen and oxygen atoms in total. The SMILES string of the molecule is O=C([O-])[C@]1(Cc2ccc(C(F)(F)F)cc2)CCC[NH2+]1. The van der Waals surface area contributed by atoms with E-state index in [4.69, 9.17) is 0 Å². The van der Waals surface area contributed by atoms with Crippen molar-refractivity contribution in [3.63, 3.8) is 0 Å². The molecule has 1 aliphatic heterocycles. The van der Waals surface area contributed by atoms with Crippen molar-refractivity contribution in [2.24, 2.45) is 0 Å². The van der Waals surface area contributed by atoms with Gasteiger partial charge in [0.05, 0.1) is 12.1 Å². The summed E-state index contributed by atoms with van der Waals surface area (Å²) >= 11 is 0. The summed E-state index contributed by atoms with van der Waals surface area (Å²) in [6.07, 6.45) is -2.93. The van der Waals surface area contributed by atoms with Crippen molar-refractivity contribution < 1.29 is 28.4 Å². The predicted molar refractivity (Wildman–Crippen MR) is 58.9 cm³/mol. The highest BCUT2D eigenvalue weighted by Crippen LogP contribution is 2.29. The second-order valence-electron chi connectivity index (χ2n) is 4.91. The third-order valence-corrected chi connectivity index (χ3v) is 3.57. The van der Waals surface area contributed by atoms with Gasteiger partial charge in [-0.15, -0.1) is 0 Å². The lowest BCUT2D eigenvalue weighted by Crippen LogP contribution is -2.97. The number of benzene rings is 1. The van der Waals surface area contributed by atoms with Crippen LogP contribution < -0.4 is 10.4 Å². The number of carbonyl (C=O) groups excluding carboxylic acids is 1. The van der Waals surface area contributed by atoms with E-state index in [1.165, 1.54) is 12.1 Å². The molecule has 0 bridgehead atoms.